The highest BCUT2D eigenvalue weighted by atomic mass is 16.6. The van der Waals surface area contributed by atoms with Gasteiger partial charge in [-0.05, 0) is 69.3 Å². The van der Waals surface area contributed by atoms with Gasteiger partial charge in [0.15, 0.2) is 11.5 Å². The van der Waals surface area contributed by atoms with Gasteiger partial charge in [0.2, 0.25) is 0 Å². The largest absolute Gasteiger partial charge is 0.493 e. The second kappa shape index (κ2) is 10.9. The molecular formula is C29H36N4O5. The number of amides is 1. The van der Waals surface area contributed by atoms with Crippen LogP contribution in [0, 0.1) is 0 Å². The summed E-state index contributed by atoms with van der Waals surface area (Å²) in [5, 5.41) is 4.59. The van der Waals surface area contributed by atoms with Gasteiger partial charge in [-0.15, -0.1) is 0 Å². The van der Waals surface area contributed by atoms with Gasteiger partial charge in [-0.25, -0.2) is 9.48 Å². The number of nitrogens with zero attached hydrogens (tertiary/aromatic N) is 4. The maximum Gasteiger partial charge on any atom is 0.410 e. The predicted molar refractivity (Wildman–Crippen MR) is 145 cm³/mol. The number of anilines is 1. The number of rotatable bonds is 6. The Hall–Kier alpha value is -3.72. The standard InChI is InChI=1S/C29H36N4O5/c1-29(2,3)38-28(34)32-16-14-31(15-17-32)22-6-8-23(9-7-22)33-25(11-13-30-33)21-5-10-26(35-4)27(19-21)37-24-12-18-36-20-24/h5-11,13,19,24H,12,14-18,20H2,1-4H3. The van der Waals surface area contributed by atoms with Gasteiger partial charge in [-0.2, -0.15) is 5.10 Å². The van der Waals surface area contributed by atoms with Crippen LogP contribution in [-0.4, -0.2) is 79.0 Å². The lowest BCUT2D eigenvalue weighted by Gasteiger charge is -2.36. The predicted octanol–water partition coefficient (Wildman–Crippen LogP) is 4.77. The monoisotopic (exact) mass is 520 g/mol. The summed E-state index contributed by atoms with van der Waals surface area (Å²) < 4.78 is 24.6. The number of ether oxygens (including phenoxy) is 4. The van der Waals surface area contributed by atoms with E-state index < -0.39 is 5.60 Å². The highest BCUT2D eigenvalue weighted by Crippen LogP contribution is 2.35. The molecule has 2 aliphatic heterocycles. The third-order valence-corrected chi connectivity index (χ3v) is 6.67. The van der Waals surface area contributed by atoms with E-state index in [9.17, 15) is 4.79 Å². The molecule has 3 heterocycles. The van der Waals surface area contributed by atoms with Crippen LogP contribution in [0.3, 0.4) is 0 Å². The van der Waals surface area contributed by atoms with Crippen molar-refractivity contribution >= 4 is 11.8 Å². The van der Waals surface area contributed by atoms with Crippen LogP contribution in [0.1, 0.15) is 27.2 Å². The fourth-order valence-corrected chi connectivity index (χ4v) is 4.72. The Bertz CT molecular complexity index is 1240. The topological polar surface area (TPSA) is 78.3 Å². The molecule has 0 spiro atoms. The van der Waals surface area contributed by atoms with Crippen molar-refractivity contribution in [2.75, 3.05) is 51.4 Å². The Morgan fingerprint density at radius 1 is 0.974 bits per heavy atom. The zero-order valence-corrected chi connectivity index (χ0v) is 22.6. The average molecular weight is 521 g/mol. The molecule has 0 saturated carbocycles. The zero-order chi connectivity index (χ0) is 26.7. The van der Waals surface area contributed by atoms with Gasteiger partial charge in [0.05, 0.1) is 37.9 Å². The van der Waals surface area contributed by atoms with Crippen molar-refractivity contribution in [1.82, 2.24) is 14.7 Å². The summed E-state index contributed by atoms with van der Waals surface area (Å²) >= 11 is 0. The van der Waals surface area contributed by atoms with Gasteiger partial charge >= 0.3 is 6.09 Å². The molecule has 1 atom stereocenters. The number of methoxy groups -OCH3 is 1. The van der Waals surface area contributed by atoms with E-state index in [0.717, 1.165) is 48.7 Å². The van der Waals surface area contributed by atoms with Gasteiger partial charge in [-0.3, -0.25) is 0 Å². The maximum absolute atomic E-state index is 12.4. The first-order valence-electron chi connectivity index (χ1n) is 13.1. The average Bonchev–Trinajstić information content (AvgIpc) is 3.60. The summed E-state index contributed by atoms with van der Waals surface area (Å²) in [6.45, 7) is 9.76. The van der Waals surface area contributed by atoms with Crippen molar-refractivity contribution in [3.63, 3.8) is 0 Å². The molecule has 38 heavy (non-hydrogen) atoms. The van der Waals surface area contributed by atoms with E-state index in [0.29, 0.717) is 31.2 Å². The van der Waals surface area contributed by atoms with E-state index in [1.165, 1.54) is 0 Å². The molecular weight excluding hydrogens is 484 g/mol. The Kier molecular flexibility index (Phi) is 7.46. The Morgan fingerprint density at radius 3 is 2.37 bits per heavy atom. The molecule has 1 unspecified atom stereocenters. The van der Waals surface area contributed by atoms with Crippen LogP contribution >= 0.6 is 0 Å². The van der Waals surface area contributed by atoms with Crippen LogP contribution in [0.25, 0.3) is 16.9 Å². The number of benzene rings is 2. The van der Waals surface area contributed by atoms with E-state index >= 15 is 0 Å². The summed E-state index contributed by atoms with van der Waals surface area (Å²) in [6.07, 6.45) is 2.45. The summed E-state index contributed by atoms with van der Waals surface area (Å²) in [6, 6.07) is 16.3. The third-order valence-electron chi connectivity index (χ3n) is 6.67. The first kappa shape index (κ1) is 25.9. The molecule has 0 bridgehead atoms. The molecule has 1 aromatic heterocycles. The van der Waals surface area contributed by atoms with Crippen LogP contribution in [0.4, 0.5) is 10.5 Å². The van der Waals surface area contributed by atoms with Crippen molar-refractivity contribution in [3.8, 4) is 28.4 Å². The normalized spacial score (nSPS) is 17.9. The van der Waals surface area contributed by atoms with Crippen molar-refractivity contribution in [2.24, 2.45) is 0 Å². The summed E-state index contributed by atoms with van der Waals surface area (Å²) in [5.41, 5.74) is 3.54. The molecule has 0 N–H and O–H groups in total. The van der Waals surface area contributed by atoms with Crippen LogP contribution < -0.4 is 14.4 Å². The molecule has 3 aromatic rings. The van der Waals surface area contributed by atoms with E-state index in [2.05, 4.69) is 34.3 Å². The molecule has 2 fully saturated rings. The Balaban J connectivity index is 1.28. The summed E-state index contributed by atoms with van der Waals surface area (Å²) in [7, 11) is 1.65. The first-order chi connectivity index (χ1) is 18.3. The smallest absolute Gasteiger partial charge is 0.410 e. The number of hydrogen-bond donors (Lipinski definition) is 0. The molecule has 1 amide bonds. The van der Waals surface area contributed by atoms with Crippen LogP contribution in [-0.2, 0) is 9.47 Å². The molecule has 202 valence electrons. The minimum atomic E-state index is -0.485. The van der Waals surface area contributed by atoms with Gasteiger partial charge in [0.1, 0.15) is 11.7 Å². The van der Waals surface area contributed by atoms with Crippen molar-refractivity contribution in [3.05, 3.63) is 54.7 Å². The molecule has 5 rings (SSSR count). The maximum atomic E-state index is 12.4. The zero-order valence-electron chi connectivity index (χ0n) is 22.6. The fraction of sp³-hybridized carbons (Fsp3) is 0.448. The number of piperazine rings is 1. The van der Waals surface area contributed by atoms with E-state index in [1.54, 1.807) is 18.2 Å². The number of carbonyl (C=O) groups is 1. The number of carbonyl (C=O) groups excluding carboxylic acids is 1. The molecule has 2 saturated heterocycles. The first-order valence-corrected chi connectivity index (χ1v) is 13.1. The van der Waals surface area contributed by atoms with Crippen molar-refractivity contribution in [2.45, 2.75) is 38.9 Å². The lowest BCUT2D eigenvalue weighted by molar-refractivity contribution is 0.0240. The molecule has 9 heteroatoms. The highest BCUT2D eigenvalue weighted by molar-refractivity contribution is 5.69. The van der Waals surface area contributed by atoms with E-state index in [-0.39, 0.29) is 12.2 Å². The van der Waals surface area contributed by atoms with Crippen LogP contribution in [0.2, 0.25) is 0 Å². The van der Waals surface area contributed by atoms with Crippen molar-refractivity contribution in [1.29, 1.82) is 0 Å². The van der Waals surface area contributed by atoms with Gasteiger partial charge in [0.25, 0.3) is 0 Å². The van der Waals surface area contributed by atoms with Crippen molar-refractivity contribution < 1.29 is 23.7 Å². The van der Waals surface area contributed by atoms with E-state index in [4.69, 9.17) is 18.9 Å². The van der Waals surface area contributed by atoms with Gasteiger partial charge < -0.3 is 28.7 Å². The lowest BCUT2D eigenvalue weighted by atomic mass is 10.1. The second-order valence-corrected chi connectivity index (χ2v) is 10.6. The summed E-state index contributed by atoms with van der Waals surface area (Å²) in [5.74, 6) is 1.40. The fourth-order valence-electron chi connectivity index (χ4n) is 4.72. The minimum absolute atomic E-state index is 0.0302. The number of hydrogen-bond acceptors (Lipinski definition) is 7. The Labute approximate surface area is 223 Å². The highest BCUT2D eigenvalue weighted by Gasteiger charge is 2.26. The third kappa shape index (κ3) is 5.88. The molecule has 9 nitrogen and oxygen atoms in total. The lowest BCUT2D eigenvalue weighted by Crippen LogP contribution is -2.50. The van der Waals surface area contributed by atoms with Crippen LogP contribution in [0.15, 0.2) is 54.7 Å². The van der Waals surface area contributed by atoms with Crippen LogP contribution in [0.5, 0.6) is 11.5 Å². The SMILES string of the molecule is COc1ccc(-c2ccnn2-c2ccc(N3CCN(C(=O)OC(C)(C)C)CC3)cc2)cc1OC1CCOC1. The second-order valence-electron chi connectivity index (χ2n) is 10.6. The van der Waals surface area contributed by atoms with Gasteiger partial charge in [0, 0.05) is 43.9 Å². The number of aromatic nitrogens is 2. The molecule has 2 aromatic carbocycles. The van der Waals surface area contributed by atoms with E-state index in [1.807, 2.05) is 49.7 Å². The van der Waals surface area contributed by atoms with Gasteiger partial charge in [-0.1, -0.05) is 0 Å². The molecule has 0 aliphatic carbocycles. The molecule has 2 aliphatic rings. The molecule has 0 radical (unpaired) electrons. The Morgan fingerprint density at radius 2 is 1.71 bits per heavy atom. The summed E-state index contributed by atoms with van der Waals surface area (Å²) in [4.78, 5) is 16.4. The quantitative estimate of drug-likeness (QED) is 0.463. The minimum Gasteiger partial charge on any atom is -0.493 e.